The van der Waals surface area contributed by atoms with Crippen molar-refractivity contribution in [2.45, 2.75) is 17.9 Å². The van der Waals surface area contributed by atoms with E-state index in [2.05, 4.69) is 4.74 Å². The Labute approximate surface area is 96.5 Å². The first-order valence-corrected chi connectivity index (χ1v) is 4.71. The summed E-state index contributed by atoms with van der Waals surface area (Å²) in [6, 6.07) is -3.67. The molecule has 18 heavy (non-hydrogen) atoms. The van der Waals surface area contributed by atoms with Crippen LogP contribution in [0.1, 0.15) is 0 Å². The molecule has 1 aliphatic heterocycles. The van der Waals surface area contributed by atoms with Gasteiger partial charge in [0.05, 0.1) is 13.2 Å². The van der Waals surface area contributed by atoms with Crippen molar-refractivity contribution in [3.05, 3.63) is 0 Å². The van der Waals surface area contributed by atoms with E-state index >= 15 is 0 Å². The Morgan fingerprint density at radius 1 is 1.00 bits per heavy atom. The molecule has 0 saturated carbocycles. The number of rotatable bonds is 3. The van der Waals surface area contributed by atoms with Crippen molar-refractivity contribution in [1.82, 2.24) is 4.90 Å². The summed E-state index contributed by atoms with van der Waals surface area (Å²) in [5.41, 5.74) is 0. The minimum atomic E-state index is -6.13. The van der Waals surface area contributed by atoms with E-state index in [1.165, 1.54) is 0 Å². The van der Waals surface area contributed by atoms with Crippen molar-refractivity contribution in [2.24, 2.45) is 0 Å². The Balaban J connectivity index is 3.22. The number of halogens is 7. The molecule has 106 valence electrons. The number of alkyl halides is 6. The number of carbonyl (C=O) groups is 1. The first-order chi connectivity index (χ1) is 8.05. The van der Waals surface area contributed by atoms with Gasteiger partial charge in [-0.25, -0.2) is 4.39 Å². The number of ether oxygens (including phenoxy) is 1. The summed E-state index contributed by atoms with van der Waals surface area (Å²) in [4.78, 5) is 9.65. The van der Waals surface area contributed by atoms with Crippen molar-refractivity contribution in [2.75, 3.05) is 26.3 Å². The van der Waals surface area contributed by atoms with Gasteiger partial charge in [-0.1, -0.05) is 0 Å². The second-order valence-electron chi connectivity index (χ2n) is 3.57. The quantitative estimate of drug-likeness (QED) is 0.448. The smallest absolute Gasteiger partial charge is 0.379 e. The van der Waals surface area contributed by atoms with Gasteiger partial charge < -0.3 is 4.74 Å². The SMILES string of the molecule is O=C(F)C(F)(F)C(F)(N1CCOCC1)C(F)(F)F. The zero-order valence-corrected chi connectivity index (χ0v) is 8.74. The monoisotopic (exact) mass is 283 g/mol. The van der Waals surface area contributed by atoms with Crippen molar-refractivity contribution in [1.29, 1.82) is 0 Å². The molecule has 0 amide bonds. The highest BCUT2D eigenvalue weighted by molar-refractivity contribution is 5.78. The van der Waals surface area contributed by atoms with Crippen LogP contribution in [0.25, 0.3) is 0 Å². The fourth-order valence-corrected chi connectivity index (χ4v) is 1.56. The van der Waals surface area contributed by atoms with Crippen LogP contribution >= 0.6 is 0 Å². The summed E-state index contributed by atoms with van der Waals surface area (Å²) in [5.74, 6) is -11.2. The first-order valence-electron chi connectivity index (χ1n) is 4.71. The average Bonchev–Trinajstić information content (AvgIpc) is 2.27. The number of nitrogens with zero attached hydrogens (tertiary/aromatic N) is 1. The Kier molecular flexibility index (Phi) is 3.92. The molecule has 10 heteroatoms. The van der Waals surface area contributed by atoms with Crippen LogP contribution in [-0.2, 0) is 9.53 Å². The first kappa shape index (κ1) is 15.2. The van der Waals surface area contributed by atoms with E-state index < -0.39 is 50.2 Å². The highest BCUT2D eigenvalue weighted by Gasteiger charge is 2.77. The van der Waals surface area contributed by atoms with Gasteiger partial charge in [0, 0.05) is 13.1 Å². The molecule has 1 aliphatic rings. The lowest BCUT2D eigenvalue weighted by atomic mass is 10.0. The Bertz CT molecular complexity index is 326. The lowest BCUT2D eigenvalue weighted by Crippen LogP contribution is -2.69. The highest BCUT2D eigenvalue weighted by Crippen LogP contribution is 2.48. The second kappa shape index (κ2) is 4.65. The van der Waals surface area contributed by atoms with Crippen LogP contribution in [0.3, 0.4) is 0 Å². The van der Waals surface area contributed by atoms with Gasteiger partial charge in [0.25, 0.3) is 0 Å². The van der Waals surface area contributed by atoms with Crippen LogP contribution in [0, 0.1) is 0 Å². The Morgan fingerprint density at radius 3 is 1.78 bits per heavy atom. The van der Waals surface area contributed by atoms with Crippen molar-refractivity contribution < 1.29 is 40.3 Å². The molecule has 0 spiro atoms. The van der Waals surface area contributed by atoms with Gasteiger partial charge in [-0.15, -0.1) is 0 Å². The van der Waals surface area contributed by atoms with Crippen LogP contribution in [0.5, 0.6) is 0 Å². The predicted molar refractivity (Wildman–Crippen MR) is 43.3 cm³/mol. The second-order valence-corrected chi connectivity index (χ2v) is 3.57. The Hall–Kier alpha value is -0.900. The topological polar surface area (TPSA) is 29.5 Å². The molecule has 3 nitrogen and oxygen atoms in total. The molecular formula is C8H8F7NO2. The summed E-state index contributed by atoms with van der Waals surface area (Å²) in [5, 5.41) is 0. The van der Waals surface area contributed by atoms with Crippen molar-refractivity contribution >= 4 is 6.04 Å². The van der Waals surface area contributed by atoms with Crippen molar-refractivity contribution in [3.8, 4) is 0 Å². The Morgan fingerprint density at radius 2 is 1.44 bits per heavy atom. The molecular weight excluding hydrogens is 275 g/mol. The molecule has 1 saturated heterocycles. The number of morpholine rings is 1. The molecule has 0 radical (unpaired) electrons. The van der Waals surface area contributed by atoms with Gasteiger partial charge in [0.1, 0.15) is 0 Å². The molecule has 0 N–H and O–H groups in total. The molecule has 0 aliphatic carbocycles. The van der Waals surface area contributed by atoms with Crippen LogP contribution in [-0.4, -0.2) is 55.1 Å². The average molecular weight is 283 g/mol. The van der Waals surface area contributed by atoms with E-state index in [0.717, 1.165) is 0 Å². The van der Waals surface area contributed by atoms with Crippen LogP contribution in [0.15, 0.2) is 0 Å². The van der Waals surface area contributed by atoms with Crippen LogP contribution in [0.4, 0.5) is 30.7 Å². The molecule has 1 heterocycles. The van der Waals surface area contributed by atoms with Gasteiger partial charge in [-0.05, 0) is 0 Å². The molecule has 0 aromatic heterocycles. The zero-order valence-electron chi connectivity index (χ0n) is 8.74. The summed E-state index contributed by atoms with van der Waals surface area (Å²) in [7, 11) is 0. The van der Waals surface area contributed by atoms with E-state index in [-0.39, 0.29) is 4.90 Å². The van der Waals surface area contributed by atoms with Gasteiger partial charge in [0.15, 0.2) is 0 Å². The molecule has 1 rings (SSSR count). The number of carbonyl (C=O) groups excluding carboxylic acids is 1. The van der Waals surface area contributed by atoms with E-state index in [1.807, 2.05) is 0 Å². The van der Waals surface area contributed by atoms with Crippen molar-refractivity contribution in [3.63, 3.8) is 0 Å². The van der Waals surface area contributed by atoms with Gasteiger partial charge in [-0.2, -0.15) is 26.3 Å². The summed E-state index contributed by atoms with van der Waals surface area (Å²) >= 11 is 0. The molecule has 1 unspecified atom stereocenters. The maximum absolute atomic E-state index is 13.7. The maximum atomic E-state index is 13.7. The largest absolute Gasteiger partial charge is 0.443 e. The van der Waals surface area contributed by atoms with Gasteiger partial charge >= 0.3 is 23.9 Å². The maximum Gasteiger partial charge on any atom is 0.443 e. The minimum Gasteiger partial charge on any atom is -0.379 e. The van der Waals surface area contributed by atoms with Crippen LogP contribution in [0.2, 0.25) is 0 Å². The third kappa shape index (κ3) is 2.18. The summed E-state index contributed by atoms with van der Waals surface area (Å²) in [6.07, 6.45) is -6.13. The molecule has 0 aromatic carbocycles. The van der Waals surface area contributed by atoms with Gasteiger partial charge in [-0.3, -0.25) is 9.69 Å². The zero-order chi connectivity index (χ0) is 14.2. The lowest BCUT2D eigenvalue weighted by molar-refractivity contribution is -0.351. The highest BCUT2D eigenvalue weighted by atomic mass is 19.4. The normalized spacial score (nSPS) is 22.6. The summed E-state index contributed by atoms with van der Waals surface area (Å²) in [6.45, 7) is -2.53. The fourth-order valence-electron chi connectivity index (χ4n) is 1.56. The number of hydrogen-bond acceptors (Lipinski definition) is 3. The third-order valence-corrected chi connectivity index (χ3v) is 2.49. The third-order valence-electron chi connectivity index (χ3n) is 2.49. The van der Waals surface area contributed by atoms with E-state index in [9.17, 15) is 35.5 Å². The standard InChI is InChI=1S/C8H8F7NO2/c9-5(17)6(10,11)7(12,8(13,14)15)16-1-3-18-4-2-16/h1-4H2. The predicted octanol–water partition coefficient (Wildman–Crippen LogP) is 1.68. The van der Waals surface area contributed by atoms with E-state index in [4.69, 9.17) is 0 Å². The molecule has 1 fully saturated rings. The fraction of sp³-hybridized carbons (Fsp3) is 0.875. The molecule has 0 bridgehead atoms. The lowest BCUT2D eigenvalue weighted by Gasteiger charge is -2.42. The van der Waals surface area contributed by atoms with E-state index in [0.29, 0.717) is 0 Å². The van der Waals surface area contributed by atoms with Gasteiger partial charge in [0.2, 0.25) is 0 Å². The minimum absolute atomic E-state index is 0.339. The molecule has 1 atom stereocenters. The summed E-state index contributed by atoms with van der Waals surface area (Å²) < 4.78 is 93.8. The van der Waals surface area contributed by atoms with E-state index in [1.54, 1.807) is 0 Å². The number of hydrogen-bond donors (Lipinski definition) is 0. The molecule has 0 aromatic rings. The van der Waals surface area contributed by atoms with Crippen LogP contribution < -0.4 is 0 Å².